The molecule has 1 unspecified atom stereocenters. The van der Waals surface area contributed by atoms with Gasteiger partial charge in [-0.3, -0.25) is 14.5 Å². The summed E-state index contributed by atoms with van der Waals surface area (Å²) in [5.41, 5.74) is 2.81. The van der Waals surface area contributed by atoms with E-state index < -0.39 is 23.7 Å². The number of rotatable bonds is 5. The first-order valence-electron chi connectivity index (χ1n) is 11.1. The highest BCUT2D eigenvalue weighted by Gasteiger charge is 2.45. The minimum atomic E-state index is -0.919. The van der Waals surface area contributed by atoms with Crippen LogP contribution < -0.4 is 10.3 Å². The van der Waals surface area contributed by atoms with Gasteiger partial charge in [0.05, 0.1) is 22.7 Å². The molecule has 2 aromatic carbocycles. The van der Waals surface area contributed by atoms with Crippen LogP contribution in [0.15, 0.2) is 58.3 Å². The van der Waals surface area contributed by atoms with Gasteiger partial charge in [0.15, 0.2) is 10.6 Å². The van der Waals surface area contributed by atoms with Gasteiger partial charge in [-0.25, -0.2) is 14.2 Å². The number of anilines is 1. The molecule has 0 aliphatic carbocycles. The second kappa shape index (κ2) is 8.83. The van der Waals surface area contributed by atoms with Crippen molar-refractivity contribution in [3.05, 3.63) is 104 Å². The number of esters is 1. The fourth-order valence-corrected chi connectivity index (χ4v) is 5.25. The lowest BCUT2D eigenvalue weighted by Gasteiger charge is -2.22. The fraction of sp³-hybridized carbons (Fsp3) is 0.185. The minimum absolute atomic E-state index is 0.0294. The highest BCUT2D eigenvalue weighted by Crippen LogP contribution is 2.43. The molecule has 3 heterocycles. The molecule has 4 aromatic rings. The quantitative estimate of drug-likeness (QED) is 0.267. The lowest BCUT2D eigenvalue weighted by molar-refractivity contribution is 0.0554. The van der Waals surface area contributed by atoms with E-state index in [4.69, 9.17) is 9.15 Å². The van der Waals surface area contributed by atoms with Gasteiger partial charge >= 0.3 is 5.97 Å². The first-order chi connectivity index (χ1) is 17.2. The summed E-state index contributed by atoms with van der Waals surface area (Å²) in [6.45, 7) is 8.98. The van der Waals surface area contributed by atoms with Crippen molar-refractivity contribution in [1.82, 2.24) is 4.98 Å². The molecule has 0 N–H and O–H groups in total. The van der Waals surface area contributed by atoms with Gasteiger partial charge < -0.3 is 9.15 Å². The predicted molar refractivity (Wildman–Crippen MR) is 134 cm³/mol. The van der Waals surface area contributed by atoms with Gasteiger partial charge in [-0.1, -0.05) is 36.1 Å². The van der Waals surface area contributed by atoms with Crippen LogP contribution in [-0.2, 0) is 4.74 Å². The van der Waals surface area contributed by atoms with Gasteiger partial charge in [0.1, 0.15) is 22.9 Å². The van der Waals surface area contributed by atoms with E-state index in [1.807, 2.05) is 13.8 Å². The van der Waals surface area contributed by atoms with Crippen LogP contribution in [0.25, 0.3) is 11.0 Å². The van der Waals surface area contributed by atoms with Crippen LogP contribution in [0.5, 0.6) is 0 Å². The van der Waals surface area contributed by atoms with Gasteiger partial charge in [0, 0.05) is 0 Å². The average Bonchev–Trinajstić information content (AvgIpc) is 3.37. The molecule has 1 aliphatic heterocycles. The highest BCUT2D eigenvalue weighted by atomic mass is 32.1. The Morgan fingerprint density at radius 1 is 1.19 bits per heavy atom. The first-order valence-corrected chi connectivity index (χ1v) is 11.9. The number of aromatic nitrogens is 1. The van der Waals surface area contributed by atoms with Crippen molar-refractivity contribution >= 4 is 39.3 Å². The molecule has 7 nitrogen and oxygen atoms in total. The maximum Gasteiger partial charge on any atom is 0.350 e. The molecular weight excluding hydrogens is 483 g/mol. The molecule has 1 amide bonds. The van der Waals surface area contributed by atoms with Crippen molar-refractivity contribution in [2.45, 2.75) is 26.8 Å². The van der Waals surface area contributed by atoms with Crippen LogP contribution in [0.3, 0.4) is 0 Å². The Bertz CT molecular complexity index is 1620. The Hall–Kier alpha value is -4.11. The zero-order chi connectivity index (χ0) is 25.7. The molecule has 0 fully saturated rings. The molecule has 0 radical (unpaired) electrons. The fourth-order valence-electron chi connectivity index (χ4n) is 4.26. The molecule has 36 heavy (non-hydrogen) atoms. The van der Waals surface area contributed by atoms with Crippen LogP contribution in [0.2, 0.25) is 0 Å². The van der Waals surface area contributed by atoms with Crippen molar-refractivity contribution in [1.29, 1.82) is 0 Å². The minimum Gasteiger partial charge on any atom is -0.457 e. The molecule has 0 saturated carbocycles. The number of fused-ring (bicyclic) bond motifs is 2. The standard InChI is InChI=1S/C27H21FN2O5S/c1-5-10-34-26(33)24-15(4)29-27(36-24)30-21(16-6-8-17(28)9-7-16)20-22(31)18-11-13(2)14(3)12-19(18)35-23(20)25(30)32/h5-9,11-12,21H,1,10H2,2-4H3. The lowest BCUT2D eigenvalue weighted by Crippen LogP contribution is -2.29. The summed E-state index contributed by atoms with van der Waals surface area (Å²) < 4.78 is 24.9. The van der Waals surface area contributed by atoms with Gasteiger partial charge in [-0.2, -0.15) is 0 Å². The van der Waals surface area contributed by atoms with Crippen molar-refractivity contribution in [2.75, 3.05) is 11.5 Å². The summed E-state index contributed by atoms with van der Waals surface area (Å²) >= 11 is 0.974. The molecule has 9 heteroatoms. The summed E-state index contributed by atoms with van der Waals surface area (Å²) in [4.78, 5) is 46.0. The molecular formula is C27H21FN2O5S. The number of carbonyl (C=O) groups excluding carboxylic acids is 2. The van der Waals surface area contributed by atoms with Crippen molar-refractivity contribution < 1.29 is 23.1 Å². The predicted octanol–water partition coefficient (Wildman–Crippen LogP) is 5.41. The molecule has 1 aliphatic rings. The molecule has 5 rings (SSSR count). The van der Waals surface area contributed by atoms with E-state index in [2.05, 4.69) is 11.6 Å². The van der Waals surface area contributed by atoms with Crippen LogP contribution in [0, 0.1) is 26.6 Å². The summed E-state index contributed by atoms with van der Waals surface area (Å²) in [6, 6.07) is 8.11. The number of hydrogen-bond acceptors (Lipinski definition) is 7. The first kappa shape index (κ1) is 23.6. The van der Waals surface area contributed by atoms with E-state index in [9.17, 15) is 18.8 Å². The van der Waals surface area contributed by atoms with Gasteiger partial charge in [-0.15, -0.1) is 0 Å². The third kappa shape index (κ3) is 3.72. The van der Waals surface area contributed by atoms with Crippen LogP contribution in [0.1, 0.15) is 54.2 Å². The van der Waals surface area contributed by atoms with Gasteiger partial charge in [0.25, 0.3) is 5.91 Å². The second-order valence-electron chi connectivity index (χ2n) is 8.53. The number of halogens is 1. The Labute approximate surface area is 209 Å². The van der Waals surface area contributed by atoms with Gasteiger partial charge in [-0.05, 0) is 61.7 Å². The zero-order valence-electron chi connectivity index (χ0n) is 19.8. The molecule has 182 valence electrons. The molecule has 2 aromatic heterocycles. The number of benzene rings is 2. The summed E-state index contributed by atoms with van der Waals surface area (Å²) in [5.74, 6) is -1.72. The maximum absolute atomic E-state index is 13.8. The van der Waals surface area contributed by atoms with E-state index in [-0.39, 0.29) is 33.4 Å². The number of nitrogens with zero attached hydrogens (tertiary/aromatic N) is 2. The summed E-state index contributed by atoms with van der Waals surface area (Å²) in [6.07, 6.45) is 1.45. The third-order valence-electron chi connectivity index (χ3n) is 6.18. The monoisotopic (exact) mass is 504 g/mol. The molecule has 0 spiro atoms. The van der Waals surface area contributed by atoms with Crippen molar-refractivity contribution in [2.24, 2.45) is 0 Å². The Morgan fingerprint density at radius 3 is 2.58 bits per heavy atom. The molecule has 0 saturated heterocycles. The zero-order valence-corrected chi connectivity index (χ0v) is 20.6. The van der Waals surface area contributed by atoms with E-state index in [1.165, 1.54) is 35.2 Å². The van der Waals surface area contributed by atoms with Crippen molar-refractivity contribution in [3.63, 3.8) is 0 Å². The van der Waals surface area contributed by atoms with E-state index in [0.717, 1.165) is 22.5 Å². The van der Waals surface area contributed by atoms with Crippen LogP contribution in [-0.4, -0.2) is 23.5 Å². The maximum atomic E-state index is 13.8. The number of ether oxygens (including phenoxy) is 1. The number of hydrogen-bond donors (Lipinski definition) is 0. The number of aryl methyl sites for hydroxylation is 3. The normalized spacial score (nSPS) is 14.8. The topological polar surface area (TPSA) is 89.7 Å². The number of carbonyl (C=O) groups is 2. The Kier molecular flexibility index (Phi) is 5.80. The van der Waals surface area contributed by atoms with E-state index in [0.29, 0.717) is 22.2 Å². The largest absolute Gasteiger partial charge is 0.457 e. The van der Waals surface area contributed by atoms with E-state index >= 15 is 0 Å². The Morgan fingerprint density at radius 2 is 1.89 bits per heavy atom. The SMILES string of the molecule is C=CCOC(=O)c1sc(N2C(=O)c3oc4cc(C)c(C)cc4c(=O)c3C2c2ccc(F)cc2)nc1C. The summed E-state index contributed by atoms with van der Waals surface area (Å²) in [7, 11) is 0. The van der Waals surface area contributed by atoms with Gasteiger partial charge in [0.2, 0.25) is 5.76 Å². The Balaban J connectivity index is 1.73. The smallest absolute Gasteiger partial charge is 0.350 e. The van der Waals surface area contributed by atoms with E-state index in [1.54, 1.807) is 19.1 Å². The summed E-state index contributed by atoms with van der Waals surface area (Å²) in [5, 5.41) is 0.544. The highest BCUT2D eigenvalue weighted by molar-refractivity contribution is 7.17. The van der Waals surface area contributed by atoms with Crippen LogP contribution >= 0.6 is 11.3 Å². The average molecular weight is 505 g/mol. The molecule has 0 bridgehead atoms. The number of thiazole rings is 1. The lowest BCUT2D eigenvalue weighted by atomic mass is 9.97. The number of amides is 1. The van der Waals surface area contributed by atoms with Crippen LogP contribution in [0.4, 0.5) is 9.52 Å². The molecule has 1 atom stereocenters. The third-order valence-corrected chi connectivity index (χ3v) is 7.32. The van der Waals surface area contributed by atoms with Crippen molar-refractivity contribution in [3.8, 4) is 0 Å². The second-order valence-corrected chi connectivity index (χ2v) is 9.51.